The van der Waals surface area contributed by atoms with Gasteiger partial charge in [-0.3, -0.25) is 0 Å². The second-order valence-electron chi connectivity index (χ2n) is 6.62. The number of hydrogen-bond acceptors (Lipinski definition) is 3. The van der Waals surface area contributed by atoms with Crippen LogP contribution in [0.1, 0.15) is 47.8 Å². The molecule has 0 atom stereocenters. The Morgan fingerprint density at radius 2 is 1.68 bits per heavy atom. The van der Waals surface area contributed by atoms with Crippen LogP contribution in [0.5, 0.6) is 11.5 Å². The molecule has 0 aromatic heterocycles. The number of phenols is 1. The van der Waals surface area contributed by atoms with Crippen molar-refractivity contribution in [1.29, 1.82) is 0 Å². The van der Waals surface area contributed by atoms with Gasteiger partial charge in [0.15, 0.2) is 0 Å². The summed E-state index contributed by atoms with van der Waals surface area (Å²) in [6.07, 6.45) is 0. The zero-order chi connectivity index (χ0) is 16.5. The highest BCUT2D eigenvalue weighted by molar-refractivity contribution is 5.91. The minimum atomic E-state index is -0.395. The average Bonchev–Trinajstić information content (AvgIpc) is 2.42. The van der Waals surface area contributed by atoms with E-state index < -0.39 is 5.97 Å². The highest BCUT2D eigenvalue weighted by Gasteiger charge is 2.19. The summed E-state index contributed by atoms with van der Waals surface area (Å²) in [5.41, 5.74) is 3.23. The van der Waals surface area contributed by atoms with E-state index in [1.54, 1.807) is 24.3 Å². The Bertz CT molecular complexity index is 709. The Morgan fingerprint density at radius 3 is 2.27 bits per heavy atom. The molecule has 0 fully saturated rings. The first-order chi connectivity index (χ1) is 10.2. The average molecular weight is 298 g/mol. The van der Waals surface area contributed by atoms with E-state index in [1.807, 2.05) is 46.8 Å². The number of ether oxygens (including phenoxy) is 1. The van der Waals surface area contributed by atoms with Gasteiger partial charge in [0.05, 0.1) is 5.56 Å². The fourth-order valence-corrected chi connectivity index (χ4v) is 2.21. The van der Waals surface area contributed by atoms with Gasteiger partial charge >= 0.3 is 5.97 Å². The summed E-state index contributed by atoms with van der Waals surface area (Å²) in [5, 5.41) is 9.95. The third-order valence-electron chi connectivity index (χ3n) is 3.73. The molecule has 0 aliphatic carbocycles. The standard InChI is InChI=1S/C19H22O3/c1-12-6-7-14(10-13(12)2)18(21)22-15-8-9-17(20)16(11-15)19(3,4)5/h6-11,20H,1-5H3. The molecule has 1 N–H and O–H groups in total. The lowest BCUT2D eigenvalue weighted by atomic mass is 9.86. The van der Waals surface area contributed by atoms with Gasteiger partial charge in [-0.15, -0.1) is 0 Å². The number of carbonyl (C=O) groups is 1. The van der Waals surface area contributed by atoms with Gasteiger partial charge in [-0.05, 0) is 60.7 Å². The van der Waals surface area contributed by atoms with E-state index in [0.29, 0.717) is 11.3 Å². The lowest BCUT2D eigenvalue weighted by Crippen LogP contribution is -2.13. The Balaban J connectivity index is 2.27. The van der Waals surface area contributed by atoms with E-state index in [-0.39, 0.29) is 11.2 Å². The number of esters is 1. The first-order valence-electron chi connectivity index (χ1n) is 7.31. The molecule has 22 heavy (non-hydrogen) atoms. The molecule has 0 bridgehead atoms. The molecular formula is C19H22O3. The highest BCUT2D eigenvalue weighted by Crippen LogP contribution is 2.33. The fourth-order valence-electron chi connectivity index (χ4n) is 2.21. The number of aryl methyl sites for hydroxylation is 2. The van der Waals surface area contributed by atoms with Crippen molar-refractivity contribution in [2.24, 2.45) is 0 Å². The second-order valence-corrected chi connectivity index (χ2v) is 6.62. The van der Waals surface area contributed by atoms with Crippen LogP contribution in [-0.4, -0.2) is 11.1 Å². The van der Waals surface area contributed by atoms with Crippen LogP contribution < -0.4 is 4.74 Å². The fraction of sp³-hybridized carbons (Fsp3) is 0.316. The molecule has 0 saturated heterocycles. The third-order valence-corrected chi connectivity index (χ3v) is 3.73. The van der Waals surface area contributed by atoms with Crippen molar-refractivity contribution in [2.45, 2.75) is 40.0 Å². The zero-order valence-electron chi connectivity index (χ0n) is 13.7. The van der Waals surface area contributed by atoms with Gasteiger partial charge in [0, 0.05) is 5.56 Å². The smallest absolute Gasteiger partial charge is 0.343 e. The third kappa shape index (κ3) is 3.48. The molecule has 3 nitrogen and oxygen atoms in total. The van der Waals surface area contributed by atoms with Crippen molar-refractivity contribution in [3.05, 3.63) is 58.7 Å². The van der Waals surface area contributed by atoms with Gasteiger partial charge in [0.25, 0.3) is 0 Å². The van der Waals surface area contributed by atoms with Crippen molar-refractivity contribution in [3.63, 3.8) is 0 Å². The number of phenolic OH excluding ortho intramolecular Hbond substituents is 1. The Morgan fingerprint density at radius 1 is 1.00 bits per heavy atom. The van der Waals surface area contributed by atoms with Crippen molar-refractivity contribution in [2.75, 3.05) is 0 Å². The number of benzene rings is 2. The predicted octanol–water partition coefficient (Wildman–Crippen LogP) is 4.53. The lowest BCUT2D eigenvalue weighted by Gasteiger charge is -2.21. The normalized spacial score (nSPS) is 11.3. The van der Waals surface area contributed by atoms with Crippen LogP contribution in [0.2, 0.25) is 0 Å². The molecular weight excluding hydrogens is 276 g/mol. The summed E-state index contributed by atoms with van der Waals surface area (Å²) < 4.78 is 5.44. The van der Waals surface area contributed by atoms with Crippen LogP contribution in [0.25, 0.3) is 0 Å². The summed E-state index contributed by atoms with van der Waals surface area (Å²) in [6.45, 7) is 9.95. The minimum Gasteiger partial charge on any atom is -0.508 e. The SMILES string of the molecule is Cc1ccc(C(=O)Oc2ccc(O)c(C(C)(C)C)c2)cc1C. The Labute approximate surface area is 131 Å². The first kappa shape index (κ1) is 16.1. The van der Waals surface area contributed by atoms with E-state index in [4.69, 9.17) is 4.74 Å². The molecule has 2 aromatic carbocycles. The summed E-state index contributed by atoms with van der Waals surface area (Å²) in [6, 6.07) is 10.4. The van der Waals surface area contributed by atoms with Crippen molar-refractivity contribution < 1.29 is 14.6 Å². The second kappa shape index (κ2) is 5.84. The van der Waals surface area contributed by atoms with E-state index in [2.05, 4.69) is 0 Å². The van der Waals surface area contributed by atoms with Crippen LogP contribution in [-0.2, 0) is 5.41 Å². The van der Waals surface area contributed by atoms with E-state index >= 15 is 0 Å². The topological polar surface area (TPSA) is 46.5 Å². The zero-order valence-corrected chi connectivity index (χ0v) is 13.7. The number of carbonyl (C=O) groups excluding carboxylic acids is 1. The summed E-state index contributed by atoms with van der Waals surface area (Å²) in [7, 11) is 0. The molecule has 0 aliphatic rings. The van der Waals surface area contributed by atoms with Gasteiger partial charge in [-0.2, -0.15) is 0 Å². The number of aromatic hydroxyl groups is 1. The maximum absolute atomic E-state index is 12.2. The summed E-state index contributed by atoms with van der Waals surface area (Å²) in [5.74, 6) is 0.248. The van der Waals surface area contributed by atoms with Gasteiger partial charge < -0.3 is 9.84 Å². The maximum Gasteiger partial charge on any atom is 0.343 e. The van der Waals surface area contributed by atoms with Gasteiger partial charge in [-0.25, -0.2) is 4.79 Å². The van der Waals surface area contributed by atoms with Crippen LogP contribution in [0.3, 0.4) is 0 Å². The molecule has 2 rings (SSSR count). The Hall–Kier alpha value is -2.29. The van der Waals surface area contributed by atoms with Crippen LogP contribution >= 0.6 is 0 Å². The lowest BCUT2D eigenvalue weighted by molar-refractivity contribution is 0.0734. The molecule has 116 valence electrons. The van der Waals surface area contributed by atoms with E-state index in [1.165, 1.54) is 0 Å². The van der Waals surface area contributed by atoms with Crippen molar-refractivity contribution >= 4 is 5.97 Å². The van der Waals surface area contributed by atoms with E-state index in [0.717, 1.165) is 16.7 Å². The maximum atomic E-state index is 12.2. The molecule has 0 unspecified atom stereocenters. The molecule has 0 spiro atoms. The van der Waals surface area contributed by atoms with Gasteiger partial charge in [-0.1, -0.05) is 26.8 Å². The van der Waals surface area contributed by atoms with Crippen molar-refractivity contribution in [3.8, 4) is 11.5 Å². The van der Waals surface area contributed by atoms with Crippen LogP contribution in [0, 0.1) is 13.8 Å². The molecule has 2 aromatic rings. The number of hydrogen-bond donors (Lipinski definition) is 1. The molecule has 0 heterocycles. The van der Waals surface area contributed by atoms with Crippen LogP contribution in [0.4, 0.5) is 0 Å². The molecule has 3 heteroatoms. The summed E-state index contributed by atoms with van der Waals surface area (Å²) >= 11 is 0. The number of rotatable bonds is 2. The largest absolute Gasteiger partial charge is 0.508 e. The molecule has 0 amide bonds. The first-order valence-corrected chi connectivity index (χ1v) is 7.31. The minimum absolute atomic E-state index is 0.207. The van der Waals surface area contributed by atoms with Crippen LogP contribution in [0.15, 0.2) is 36.4 Å². The predicted molar refractivity (Wildman–Crippen MR) is 87.7 cm³/mol. The highest BCUT2D eigenvalue weighted by atomic mass is 16.5. The molecule has 0 saturated carbocycles. The summed E-state index contributed by atoms with van der Waals surface area (Å²) in [4.78, 5) is 12.2. The molecule has 0 radical (unpaired) electrons. The van der Waals surface area contributed by atoms with Gasteiger partial charge in [0.2, 0.25) is 0 Å². The quantitative estimate of drug-likeness (QED) is 0.654. The van der Waals surface area contributed by atoms with Gasteiger partial charge in [0.1, 0.15) is 11.5 Å². The molecule has 0 aliphatic heterocycles. The van der Waals surface area contributed by atoms with Crippen molar-refractivity contribution in [1.82, 2.24) is 0 Å². The van der Waals surface area contributed by atoms with E-state index in [9.17, 15) is 9.90 Å². The monoisotopic (exact) mass is 298 g/mol. The Kier molecular flexibility index (Phi) is 4.27.